The van der Waals surface area contributed by atoms with E-state index in [9.17, 15) is 9.59 Å². The van der Waals surface area contributed by atoms with Crippen molar-refractivity contribution in [2.24, 2.45) is 5.92 Å². The Labute approximate surface area is 215 Å². The maximum absolute atomic E-state index is 13.8. The number of rotatable bonds is 7. The van der Waals surface area contributed by atoms with Crippen LogP contribution in [0.5, 0.6) is 0 Å². The molecule has 7 heteroatoms. The van der Waals surface area contributed by atoms with Crippen LogP contribution in [-0.4, -0.2) is 33.1 Å². The van der Waals surface area contributed by atoms with Crippen molar-refractivity contribution in [3.8, 4) is 5.69 Å². The number of hydrogen-bond acceptors (Lipinski definition) is 3. The topological polar surface area (TPSA) is 67.2 Å². The minimum atomic E-state index is -0.345. The summed E-state index contributed by atoms with van der Waals surface area (Å²) in [5, 5.41) is 3.86. The van der Waals surface area contributed by atoms with E-state index in [1.54, 1.807) is 4.57 Å². The lowest BCUT2D eigenvalue weighted by atomic mass is 9.95. The van der Waals surface area contributed by atoms with E-state index in [2.05, 4.69) is 42.0 Å². The number of nitrogens with one attached hydrogen (secondary N) is 1. The van der Waals surface area contributed by atoms with Gasteiger partial charge in [0.1, 0.15) is 5.82 Å². The molecule has 0 bridgehead atoms. The van der Waals surface area contributed by atoms with Crippen molar-refractivity contribution in [3.05, 3.63) is 69.2 Å². The normalized spacial score (nSPS) is 15.3. The number of para-hydroxylation sites is 1. The number of carbonyl (C=O) groups excluding carboxylic acids is 1. The predicted octanol–water partition coefficient (Wildman–Crippen LogP) is 6.60. The van der Waals surface area contributed by atoms with Crippen LogP contribution in [0.25, 0.3) is 16.6 Å². The molecule has 1 saturated carbocycles. The van der Waals surface area contributed by atoms with Crippen LogP contribution in [0.1, 0.15) is 71.2 Å². The van der Waals surface area contributed by atoms with Crippen LogP contribution < -0.4 is 10.9 Å². The van der Waals surface area contributed by atoms with Gasteiger partial charge in [-0.3, -0.25) is 9.36 Å². The molecule has 1 aliphatic carbocycles. The summed E-state index contributed by atoms with van der Waals surface area (Å²) < 4.78 is 2.62. The van der Waals surface area contributed by atoms with Gasteiger partial charge < -0.3 is 10.2 Å². The zero-order chi connectivity index (χ0) is 24.9. The average Bonchev–Trinajstić information content (AvgIpc) is 2.85. The van der Waals surface area contributed by atoms with E-state index in [4.69, 9.17) is 4.98 Å². The molecule has 2 amide bonds. The summed E-state index contributed by atoms with van der Waals surface area (Å²) in [7, 11) is 0. The Morgan fingerprint density at radius 3 is 2.46 bits per heavy atom. The number of nitrogens with zero attached hydrogens (tertiary/aromatic N) is 3. The third-order valence-electron chi connectivity index (χ3n) is 6.70. The van der Waals surface area contributed by atoms with Crippen molar-refractivity contribution in [3.63, 3.8) is 0 Å². The number of urea groups is 1. The minimum absolute atomic E-state index is 0.0674. The first-order valence-electron chi connectivity index (χ1n) is 12.7. The fraction of sp³-hybridized carbons (Fsp3) is 0.464. The van der Waals surface area contributed by atoms with Gasteiger partial charge in [-0.25, -0.2) is 9.78 Å². The van der Waals surface area contributed by atoms with Gasteiger partial charge in [0.15, 0.2) is 0 Å². The second kappa shape index (κ2) is 11.4. The van der Waals surface area contributed by atoms with Gasteiger partial charge in [0, 0.05) is 17.1 Å². The van der Waals surface area contributed by atoms with Crippen molar-refractivity contribution in [1.29, 1.82) is 0 Å². The third kappa shape index (κ3) is 5.77. The lowest BCUT2D eigenvalue weighted by molar-refractivity contribution is 0.152. The molecule has 0 saturated heterocycles. The highest BCUT2D eigenvalue weighted by molar-refractivity contribution is 9.10. The van der Waals surface area contributed by atoms with E-state index in [0.717, 1.165) is 35.8 Å². The van der Waals surface area contributed by atoms with E-state index in [1.165, 1.54) is 6.42 Å². The van der Waals surface area contributed by atoms with Gasteiger partial charge in [0.2, 0.25) is 0 Å². The summed E-state index contributed by atoms with van der Waals surface area (Å²) in [6, 6.07) is 14.9. The SMILES string of the molecule is CCC(c1nc2ccccc2c(=O)n1-c1ccc(Br)cc1)N(CC(C)C)C(=O)NC1CCCCC1. The fourth-order valence-corrected chi connectivity index (χ4v) is 5.27. The smallest absolute Gasteiger partial charge is 0.318 e. The van der Waals surface area contributed by atoms with Gasteiger partial charge in [0.05, 0.1) is 22.6 Å². The number of benzene rings is 2. The second-order valence-electron chi connectivity index (χ2n) is 9.86. The highest BCUT2D eigenvalue weighted by Crippen LogP contribution is 2.28. The zero-order valence-electron chi connectivity index (χ0n) is 20.8. The molecular weight excluding hydrogens is 504 g/mol. The van der Waals surface area contributed by atoms with E-state index < -0.39 is 0 Å². The summed E-state index contributed by atoms with van der Waals surface area (Å²) in [5.41, 5.74) is 1.27. The van der Waals surface area contributed by atoms with Crippen molar-refractivity contribution in [2.45, 2.75) is 71.4 Å². The highest BCUT2D eigenvalue weighted by atomic mass is 79.9. The van der Waals surface area contributed by atoms with Crippen molar-refractivity contribution in [2.75, 3.05) is 6.54 Å². The van der Waals surface area contributed by atoms with E-state index in [0.29, 0.717) is 29.7 Å². The van der Waals surface area contributed by atoms with Gasteiger partial charge >= 0.3 is 6.03 Å². The monoisotopic (exact) mass is 538 g/mol. The maximum Gasteiger partial charge on any atom is 0.318 e. The Morgan fingerprint density at radius 1 is 1.11 bits per heavy atom. The largest absolute Gasteiger partial charge is 0.335 e. The van der Waals surface area contributed by atoms with Crippen LogP contribution in [-0.2, 0) is 0 Å². The van der Waals surface area contributed by atoms with E-state index >= 15 is 0 Å². The molecule has 1 fully saturated rings. The number of fused-ring (bicyclic) bond motifs is 1. The van der Waals surface area contributed by atoms with Crippen LogP contribution in [0.2, 0.25) is 0 Å². The predicted molar refractivity (Wildman–Crippen MR) is 145 cm³/mol. The van der Waals surface area contributed by atoms with Crippen LogP contribution in [0.3, 0.4) is 0 Å². The van der Waals surface area contributed by atoms with Gasteiger partial charge in [-0.1, -0.05) is 68.1 Å². The van der Waals surface area contributed by atoms with Crippen molar-refractivity contribution in [1.82, 2.24) is 19.8 Å². The molecule has 2 aromatic carbocycles. The quantitative estimate of drug-likeness (QED) is 0.368. The van der Waals surface area contributed by atoms with Crippen molar-refractivity contribution < 1.29 is 4.79 Å². The molecular formula is C28H35BrN4O2. The first kappa shape index (κ1) is 25.4. The van der Waals surface area contributed by atoms with Gasteiger partial charge in [-0.2, -0.15) is 0 Å². The number of hydrogen-bond donors (Lipinski definition) is 1. The average molecular weight is 540 g/mol. The van der Waals surface area contributed by atoms with Crippen molar-refractivity contribution >= 4 is 32.9 Å². The molecule has 3 aromatic rings. The van der Waals surface area contributed by atoms with E-state index in [-0.39, 0.29) is 29.6 Å². The molecule has 1 N–H and O–H groups in total. The molecule has 1 aromatic heterocycles. The van der Waals surface area contributed by atoms with Gasteiger partial charge in [0.25, 0.3) is 5.56 Å². The summed E-state index contributed by atoms with van der Waals surface area (Å²) >= 11 is 3.49. The van der Waals surface area contributed by atoms with Crippen LogP contribution in [0.4, 0.5) is 4.79 Å². The highest BCUT2D eigenvalue weighted by Gasteiger charge is 2.31. The molecule has 186 valence electrons. The van der Waals surface area contributed by atoms with Crippen LogP contribution in [0, 0.1) is 5.92 Å². The molecule has 6 nitrogen and oxygen atoms in total. The Morgan fingerprint density at radius 2 is 1.80 bits per heavy atom. The Kier molecular flexibility index (Phi) is 8.26. The van der Waals surface area contributed by atoms with Crippen LogP contribution in [0.15, 0.2) is 57.8 Å². The summed E-state index contributed by atoms with van der Waals surface area (Å²) in [6.07, 6.45) is 6.24. The molecule has 4 rings (SSSR count). The summed E-state index contributed by atoms with van der Waals surface area (Å²) in [5.74, 6) is 0.868. The number of halogens is 1. The first-order chi connectivity index (χ1) is 16.9. The molecule has 0 spiro atoms. The molecule has 1 unspecified atom stereocenters. The zero-order valence-corrected chi connectivity index (χ0v) is 22.4. The summed E-state index contributed by atoms with van der Waals surface area (Å²) in [6.45, 7) is 6.87. The van der Waals surface area contributed by atoms with Gasteiger partial charge in [-0.15, -0.1) is 0 Å². The number of amides is 2. The second-order valence-corrected chi connectivity index (χ2v) is 10.8. The minimum Gasteiger partial charge on any atom is -0.335 e. The van der Waals surface area contributed by atoms with Crippen LogP contribution >= 0.6 is 15.9 Å². The van der Waals surface area contributed by atoms with E-state index in [1.807, 2.05) is 53.4 Å². The fourth-order valence-electron chi connectivity index (χ4n) is 5.00. The molecule has 0 aliphatic heterocycles. The Hall–Kier alpha value is -2.67. The lowest BCUT2D eigenvalue weighted by Gasteiger charge is -2.35. The number of carbonyl (C=O) groups is 1. The molecule has 1 aliphatic rings. The lowest BCUT2D eigenvalue weighted by Crippen LogP contribution is -2.49. The summed E-state index contributed by atoms with van der Waals surface area (Å²) in [4.78, 5) is 34.3. The van der Waals surface area contributed by atoms with Gasteiger partial charge in [-0.05, 0) is 61.6 Å². The third-order valence-corrected chi connectivity index (χ3v) is 7.23. The molecule has 1 atom stereocenters. The number of aromatic nitrogens is 2. The molecule has 1 heterocycles. The maximum atomic E-state index is 13.8. The first-order valence-corrected chi connectivity index (χ1v) is 13.5. The Balaban J connectivity index is 1.84. The molecule has 35 heavy (non-hydrogen) atoms. The molecule has 0 radical (unpaired) electrons. The standard InChI is InChI=1S/C28H35BrN4O2/c1-4-25(32(18-19(2)3)28(35)30-21-10-6-5-7-11-21)26-31-24-13-9-8-12-23(24)27(34)33(26)22-16-14-20(29)15-17-22/h8-9,12-17,19,21,25H,4-7,10-11,18H2,1-3H3,(H,30,35). The Bertz CT molecular complexity index is 1220.